The largest absolute Gasteiger partial charge is 0.469 e. The van der Waals surface area contributed by atoms with Crippen LogP contribution in [0.2, 0.25) is 0 Å². The predicted molar refractivity (Wildman–Crippen MR) is 47.5 cm³/mol. The van der Waals surface area contributed by atoms with E-state index >= 15 is 0 Å². The smallest absolute Gasteiger partial charge is 0.309 e. The number of rotatable bonds is 1. The molecule has 3 heteroatoms. The van der Waals surface area contributed by atoms with Crippen LogP contribution in [0.4, 0.5) is 0 Å². The predicted octanol–water partition coefficient (Wildman–Crippen LogP) is 0.408. The number of hydrogen-bond donors (Lipinski definition) is 1. The molecule has 0 aromatic rings. The number of terminal acetylenes is 1. The molecule has 0 amide bonds. The van der Waals surface area contributed by atoms with Crippen molar-refractivity contribution in [3.8, 4) is 12.8 Å². The van der Waals surface area contributed by atoms with Gasteiger partial charge in [0.1, 0.15) is 0 Å². The molecule has 1 fully saturated rings. The highest BCUT2D eigenvalue weighted by Crippen LogP contribution is 2.10. The molecule has 68 valence electrons. The first kappa shape index (κ1) is 11.0. The average molecular weight is 169 g/mol. The molecule has 0 aromatic heterocycles. The van der Waals surface area contributed by atoms with E-state index in [1.807, 2.05) is 0 Å². The standard InChI is InChI=1S/C7H13NO2.C2H2/c1-10-7(9)6-3-2-4-8-5-6;1-2/h6,8H,2-5H2,1H3;1-2H/t6-;/m1./s1. The lowest BCUT2D eigenvalue weighted by Crippen LogP contribution is -2.34. The third-order valence-electron chi connectivity index (χ3n) is 1.83. The highest BCUT2D eigenvalue weighted by atomic mass is 16.5. The van der Waals surface area contributed by atoms with Gasteiger partial charge >= 0.3 is 5.97 Å². The first-order chi connectivity index (χ1) is 5.84. The first-order valence-corrected chi connectivity index (χ1v) is 3.96. The van der Waals surface area contributed by atoms with E-state index in [0.29, 0.717) is 0 Å². The molecule has 0 aliphatic carbocycles. The van der Waals surface area contributed by atoms with Crippen LogP contribution in [0.1, 0.15) is 12.8 Å². The van der Waals surface area contributed by atoms with E-state index in [0.717, 1.165) is 25.9 Å². The SMILES string of the molecule is C#C.COC(=O)[C@@H]1CCCNC1. The van der Waals surface area contributed by atoms with Gasteiger partial charge in [-0.25, -0.2) is 0 Å². The first-order valence-electron chi connectivity index (χ1n) is 3.96. The Morgan fingerprint density at radius 3 is 2.67 bits per heavy atom. The second-order valence-corrected chi connectivity index (χ2v) is 2.57. The lowest BCUT2D eigenvalue weighted by atomic mass is 10.0. The molecule has 1 N–H and O–H groups in total. The lowest BCUT2D eigenvalue weighted by Gasteiger charge is -2.19. The Labute approximate surface area is 73.5 Å². The minimum absolute atomic E-state index is 0.0767. The van der Waals surface area contributed by atoms with Crippen LogP contribution in [0.3, 0.4) is 0 Å². The minimum atomic E-state index is -0.0767. The molecule has 1 atom stereocenters. The molecule has 1 heterocycles. The normalized spacial score (nSPS) is 21.8. The molecule has 12 heavy (non-hydrogen) atoms. The summed E-state index contributed by atoms with van der Waals surface area (Å²) in [6.07, 6.45) is 10.1. The Hall–Kier alpha value is -1.01. The molecule has 1 saturated heterocycles. The molecular weight excluding hydrogens is 154 g/mol. The average Bonchev–Trinajstić information content (AvgIpc) is 2.21. The monoisotopic (exact) mass is 169 g/mol. The molecule has 0 saturated carbocycles. The Kier molecular flexibility index (Phi) is 6.12. The van der Waals surface area contributed by atoms with E-state index in [9.17, 15) is 4.79 Å². The van der Waals surface area contributed by atoms with Crippen molar-refractivity contribution in [1.82, 2.24) is 5.32 Å². The van der Waals surface area contributed by atoms with Crippen LogP contribution < -0.4 is 5.32 Å². The van der Waals surface area contributed by atoms with E-state index < -0.39 is 0 Å². The molecule has 3 nitrogen and oxygen atoms in total. The number of methoxy groups -OCH3 is 1. The molecule has 1 aliphatic heterocycles. The maximum atomic E-state index is 10.9. The second kappa shape index (κ2) is 6.68. The van der Waals surface area contributed by atoms with E-state index in [1.54, 1.807) is 0 Å². The Bertz CT molecular complexity index is 148. The van der Waals surface area contributed by atoms with Crippen LogP contribution in [0.25, 0.3) is 0 Å². The van der Waals surface area contributed by atoms with Gasteiger partial charge in [0, 0.05) is 6.54 Å². The van der Waals surface area contributed by atoms with Crippen molar-refractivity contribution in [2.45, 2.75) is 12.8 Å². The van der Waals surface area contributed by atoms with Crippen LogP contribution in [0.15, 0.2) is 0 Å². The molecular formula is C9H15NO2. The van der Waals surface area contributed by atoms with Gasteiger partial charge in [0.2, 0.25) is 0 Å². The molecule has 1 rings (SSSR count). The minimum Gasteiger partial charge on any atom is -0.469 e. The number of hydrogen-bond acceptors (Lipinski definition) is 3. The van der Waals surface area contributed by atoms with Crippen LogP contribution in [0.5, 0.6) is 0 Å². The number of ether oxygens (including phenoxy) is 1. The fourth-order valence-corrected chi connectivity index (χ4v) is 1.22. The van der Waals surface area contributed by atoms with Crippen molar-refractivity contribution in [1.29, 1.82) is 0 Å². The van der Waals surface area contributed by atoms with Gasteiger partial charge in [-0.05, 0) is 19.4 Å². The Morgan fingerprint density at radius 2 is 2.25 bits per heavy atom. The number of carbonyl (C=O) groups is 1. The van der Waals surface area contributed by atoms with Crippen LogP contribution in [-0.2, 0) is 9.53 Å². The maximum absolute atomic E-state index is 10.9. The van der Waals surface area contributed by atoms with Crippen LogP contribution in [0, 0.1) is 18.8 Å². The summed E-state index contributed by atoms with van der Waals surface area (Å²) >= 11 is 0. The summed E-state index contributed by atoms with van der Waals surface area (Å²) in [5.74, 6) is 0.0194. The van der Waals surface area contributed by atoms with Crippen LogP contribution >= 0.6 is 0 Å². The van der Waals surface area contributed by atoms with E-state index in [4.69, 9.17) is 0 Å². The van der Waals surface area contributed by atoms with E-state index in [2.05, 4.69) is 22.9 Å². The fourth-order valence-electron chi connectivity index (χ4n) is 1.22. The number of nitrogens with one attached hydrogen (secondary N) is 1. The third-order valence-corrected chi connectivity index (χ3v) is 1.83. The summed E-state index contributed by atoms with van der Waals surface area (Å²) in [5, 5.41) is 3.15. The van der Waals surface area contributed by atoms with Gasteiger partial charge in [0.15, 0.2) is 0 Å². The highest BCUT2D eigenvalue weighted by Gasteiger charge is 2.20. The molecule has 0 bridgehead atoms. The van der Waals surface area contributed by atoms with E-state index in [-0.39, 0.29) is 11.9 Å². The number of piperidine rings is 1. The molecule has 0 aromatic carbocycles. The zero-order valence-electron chi connectivity index (χ0n) is 7.38. The van der Waals surface area contributed by atoms with Gasteiger partial charge in [0.05, 0.1) is 13.0 Å². The second-order valence-electron chi connectivity index (χ2n) is 2.57. The summed E-state index contributed by atoms with van der Waals surface area (Å²) in [4.78, 5) is 10.9. The van der Waals surface area contributed by atoms with Crippen molar-refractivity contribution in [3.05, 3.63) is 0 Å². The van der Waals surface area contributed by atoms with Gasteiger partial charge in [-0.15, -0.1) is 12.8 Å². The molecule has 1 aliphatic rings. The molecule has 0 unspecified atom stereocenters. The van der Waals surface area contributed by atoms with Crippen molar-refractivity contribution >= 4 is 5.97 Å². The van der Waals surface area contributed by atoms with Gasteiger partial charge in [0.25, 0.3) is 0 Å². The molecule has 0 spiro atoms. The summed E-state index contributed by atoms with van der Waals surface area (Å²) in [7, 11) is 1.44. The topological polar surface area (TPSA) is 38.3 Å². The van der Waals surface area contributed by atoms with E-state index in [1.165, 1.54) is 7.11 Å². The Morgan fingerprint density at radius 1 is 1.58 bits per heavy atom. The lowest BCUT2D eigenvalue weighted by molar-refractivity contribution is -0.145. The zero-order chi connectivity index (χ0) is 9.40. The maximum Gasteiger partial charge on any atom is 0.309 e. The molecule has 0 radical (unpaired) electrons. The quantitative estimate of drug-likeness (QED) is 0.456. The number of esters is 1. The van der Waals surface area contributed by atoms with Crippen molar-refractivity contribution in [2.75, 3.05) is 20.2 Å². The van der Waals surface area contributed by atoms with Gasteiger partial charge < -0.3 is 10.1 Å². The Balaban J connectivity index is 0.000000561. The van der Waals surface area contributed by atoms with Gasteiger partial charge in [-0.3, -0.25) is 4.79 Å². The summed E-state index contributed by atoms with van der Waals surface area (Å²) in [6, 6.07) is 0. The summed E-state index contributed by atoms with van der Waals surface area (Å²) in [6.45, 7) is 1.82. The zero-order valence-corrected chi connectivity index (χ0v) is 7.38. The van der Waals surface area contributed by atoms with Gasteiger partial charge in [-0.2, -0.15) is 0 Å². The third kappa shape index (κ3) is 3.40. The fraction of sp³-hybridized carbons (Fsp3) is 0.667. The van der Waals surface area contributed by atoms with Gasteiger partial charge in [-0.1, -0.05) is 0 Å². The highest BCUT2D eigenvalue weighted by molar-refractivity contribution is 5.72. The van der Waals surface area contributed by atoms with Crippen molar-refractivity contribution in [3.63, 3.8) is 0 Å². The van der Waals surface area contributed by atoms with Crippen molar-refractivity contribution < 1.29 is 9.53 Å². The van der Waals surface area contributed by atoms with Crippen molar-refractivity contribution in [2.24, 2.45) is 5.92 Å². The summed E-state index contributed by atoms with van der Waals surface area (Å²) in [5.41, 5.74) is 0. The number of carbonyl (C=O) groups excluding carboxylic acids is 1. The van der Waals surface area contributed by atoms with Crippen LogP contribution in [-0.4, -0.2) is 26.2 Å². The summed E-state index contributed by atoms with van der Waals surface area (Å²) < 4.78 is 4.61.